The zero-order chi connectivity index (χ0) is 20.8. The van der Waals surface area contributed by atoms with Crippen molar-refractivity contribution >= 4 is 12.1 Å². The van der Waals surface area contributed by atoms with Crippen molar-refractivity contribution in [1.82, 2.24) is 5.32 Å². The van der Waals surface area contributed by atoms with Gasteiger partial charge in [0.25, 0.3) is 0 Å². The molecule has 0 spiro atoms. The number of carboxylic acids is 1. The predicted molar refractivity (Wildman–Crippen MR) is 113 cm³/mol. The third-order valence-electron chi connectivity index (χ3n) is 5.12. The van der Waals surface area contributed by atoms with Crippen molar-refractivity contribution in [2.75, 3.05) is 13.2 Å². The Balaban J connectivity index is 1.54. The molecule has 0 saturated heterocycles. The van der Waals surface area contributed by atoms with E-state index in [1.165, 1.54) is 22.3 Å². The smallest absolute Gasteiger partial charge is 0.407 e. The average molecular weight is 393 g/mol. The quantitative estimate of drug-likeness (QED) is 0.630. The fraction of sp³-hybridized carbons (Fsp3) is 0.333. The molecule has 5 heteroatoms. The molecule has 2 N–H and O–H groups in total. The van der Waals surface area contributed by atoms with Gasteiger partial charge in [0.05, 0.1) is 5.92 Å². The van der Waals surface area contributed by atoms with Gasteiger partial charge in [-0.3, -0.25) is 4.79 Å². The van der Waals surface area contributed by atoms with Gasteiger partial charge in [0.15, 0.2) is 0 Å². The zero-order valence-electron chi connectivity index (χ0n) is 16.8. The lowest BCUT2D eigenvalue weighted by Crippen LogP contribution is -2.26. The summed E-state index contributed by atoms with van der Waals surface area (Å²) in [5, 5.41) is 11.9. The van der Waals surface area contributed by atoms with Crippen LogP contribution in [0.4, 0.5) is 4.79 Å². The highest BCUT2D eigenvalue weighted by molar-refractivity contribution is 5.79. The second-order valence-corrected chi connectivity index (χ2v) is 7.71. The molecule has 0 heterocycles. The molecule has 2 aromatic carbocycles. The van der Waals surface area contributed by atoms with Crippen molar-refractivity contribution in [3.63, 3.8) is 0 Å². The number of fused-ring (bicyclic) bond motifs is 3. The molecule has 1 aliphatic rings. The van der Waals surface area contributed by atoms with Gasteiger partial charge in [-0.05, 0) is 34.6 Å². The number of rotatable bonds is 8. The van der Waals surface area contributed by atoms with E-state index in [4.69, 9.17) is 4.74 Å². The van der Waals surface area contributed by atoms with E-state index in [0.29, 0.717) is 6.42 Å². The monoisotopic (exact) mass is 393 g/mol. The molecule has 1 aliphatic carbocycles. The van der Waals surface area contributed by atoms with Gasteiger partial charge in [0, 0.05) is 12.5 Å². The number of alkyl carbamates (subject to hydrolysis) is 1. The third-order valence-corrected chi connectivity index (χ3v) is 5.12. The first-order chi connectivity index (χ1) is 14.0. The summed E-state index contributed by atoms with van der Waals surface area (Å²) >= 11 is 0. The van der Waals surface area contributed by atoms with Crippen LogP contribution in [0, 0.1) is 11.8 Å². The molecule has 5 nitrogen and oxygen atoms in total. The van der Waals surface area contributed by atoms with Gasteiger partial charge in [-0.25, -0.2) is 4.79 Å². The first kappa shape index (κ1) is 20.6. The highest BCUT2D eigenvalue weighted by atomic mass is 16.5. The molecule has 0 aromatic heterocycles. The molecule has 0 saturated carbocycles. The summed E-state index contributed by atoms with van der Waals surface area (Å²) in [5.74, 6) is -1.09. The molecule has 152 valence electrons. The Morgan fingerprint density at radius 1 is 1.07 bits per heavy atom. The molecule has 3 rings (SSSR count). The Labute approximate surface area is 171 Å². The summed E-state index contributed by atoms with van der Waals surface area (Å²) in [5.41, 5.74) is 4.70. The van der Waals surface area contributed by atoms with Crippen molar-refractivity contribution in [2.45, 2.75) is 26.2 Å². The van der Waals surface area contributed by atoms with E-state index in [0.717, 1.165) is 0 Å². The Bertz CT molecular complexity index is 858. The van der Waals surface area contributed by atoms with Gasteiger partial charge < -0.3 is 15.2 Å². The molecule has 0 fully saturated rings. The fourth-order valence-corrected chi connectivity index (χ4v) is 3.79. The van der Waals surface area contributed by atoms with E-state index in [9.17, 15) is 14.7 Å². The van der Waals surface area contributed by atoms with E-state index in [-0.39, 0.29) is 25.0 Å². The average Bonchev–Trinajstić information content (AvgIpc) is 3.02. The van der Waals surface area contributed by atoms with Crippen LogP contribution in [-0.4, -0.2) is 30.3 Å². The van der Waals surface area contributed by atoms with Gasteiger partial charge in [-0.15, -0.1) is 0 Å². The molecule has 0 radical (unpaired) electrons. The molecule has 0 aliphatic heterocycles. The first-order valence-electron chi connectivity index (χ1n) is 9.95. The number of amides is 1. The lowest BCUT2D eigenvalue weighted by Gasteiger charge is -2.14. The second-order valence-electron chi connectivity index (χ2n) is 7.71. The van der Waals surface area contributed by atoms with Gasteiger partial charge in [0.2, 0.25) is 0 Å². The molecule has 0 bridgehead atoms. The van der Waals surface area contributed by atoms with Crippen LogP contribution >= 0.6 is 0 Å². The fourth-order valence-electron chi connectivity index (χ4n) is 3.79. The summed E-state index contributed by atoms with van der Waals surface area (Å²) in [6.45, 7) is 4.46. The minimum atomic E-state index is -0.851. The Hall–Kier alpha value is -3.08. The van der Waals surface area contributed by atoms with Crippen molar-refractivity contribution in [1.29, 1.82) is 0 Å². The largest absolute Gasteiger partial charge is 0.481 e. The van der Waals surface area contributed by atoms with Crippen LogP contribution in [0.25, 0.3) is 11.1 Å². The molecule has 1 atom stereocenters. The highest BCUT2D eigenvalue weighted by Gasteiger charge is 2.28. The van der Waals surface area contributed by atoms with Crippen molar-refractivity contribution in [3.05, 3.63) is 71.8 Å². The maximum absolute atomic E-state index is 12.1. The van der Waals surface area contributed by atoms with Crippen LogP contribution < -0.4 is 5.32 Å². The van der Waals surface area contributed by atoms with E-state index >= 15 is 0 Å². The van der Waals surface area contributed by atoms with Gasteiger partial charge >= 0.3 is 12.1 Å². The topological polar surface area (TPSA) is 75.6 Å². The minimum Gasteiger partial charge on any atom is -0.481 e. The number of carbonyl (C=O) groups excluding carboxylic acids is 1. The number of aliphatic carboxylic acids is 1. The molecule has 2 aromatic rings. The van der Waals surface area contributed by atoms with Crippen molar-refractivity contribution in [2.24, 2.45) is 11.8 Å². The predicted octanol–water partition coefficient (Wildman–Crippen LogP) is 4.83. The summed E-state index contributed by atoms with van der Waals surface area (Å²) in [4.78, 5) is 23.3. The van der Waals surface area contributed by atoms with Crippen LogP contribution in [-0.2, 0) is 9.53 Å². The zero-order valence-corrected chi connectivity index (χ0v) is 16.8. The third kappa shape index (κ3) is 5.05. The van der Waals surface area contributed by atoms with Crippen LogP contribution in [0.1, 0.15) is 37.3 Å². The first-order valence-corrected chi connectivity index (χ1v) is 9.95. The minimum absolute atomic E-state index is 0.0196. The highest BCUT2D eigenvalue weighted by Crippen LogP contribution is 2.44. The Kier molecular flexibility index (Phi) is 6.70. The van der Waals surface area contributed by atoms with Gasteiger partial charge in [-0.2, -0.15) is 0 Å². The molecular formula is C24H27NO4. The van der Waals surface area contributed by atoms with E-state index < -0.39 is 18.0 Å². The van der Waals surface area contributed by atoms with Crippen LogP contribution in [0.3, 0.4) is 0 Å². The maximum Gasteiger partial charge on any atom is 0.407 e. The van der Waals surface area contributed by atoms with E-state index in [1.807, 2.05) is 38.1 Å². The van der Waals surface area contributed by atoms with E-state index in [1.54, 1.807) is 12.2 Å². The summed E-state index contributed by atoms with van der Waals surface area (Å²) in [6.07, 6.45) is 3.36. The van der Waals surface area contributed by atoms with E-state index in [2.05, 4.69) is 29.6 Å². The number of hydrogen-bond acceptors (Lipinski definition) is 3. The Morgan fingerprint density at radius 2 is 1.66 bits per heavy atom. The van der Waals surface area contributed by atoms with Crippen LogP contribution in [0.15, 0.2) is 60.7 Å². The van der Waals surface area contributed by atoms with Crippen LogP contribution in [0.5, 0.6) is 0 Å². The second kappa shape index (κ2) is 9.41. The van der Waals surface area contributed by atoms with Crippen molar-refractivity contribution < 1.29 is 19.4 Å². The molecule has 29 heavy (non-hydrogen) atoms. The van der Waals surface area contributed by atoms with Crippen molar-refractivity contribution in [3.8, 4) is 11.1 Å². The number of carbonyl (C=O) groups is 2. The maximum atomic E-state index is 12.1. The molecular weight excluding hydrogens is 366 g/mol. The molecule has 1 amide bonds. The Morgan fingerprint density at radius 3 is 2.21 bits per heavy atom. The number of hydrogen-bond donors (Lipinski definition) is 2. The van der Waals surface area contributed by atoms with Crippen LogP contribution in [0.2, 0.25) is 0 Å². The number of carboxylic acid groups (broad SMARTS) is 1. The van der Waals surface area contributed by atoms with Gasteiger partial charge in [0.1, 0.15) is 6.61 Å². The molecule has 0 unspecified atom stereocenters. The summed E-state index contributed by atoms with van der Waals surface area (Å²) in [7, 11) is 0. The van der Waals surface area contributed by atoms with Gasteiger partial charge in [-0.1, -0.05) is 74.5 Å². The normalized spacial score (nSPS) is 13.9. The number of ether oxygens (including phenoxy) is 1. The SMILES string of the molecule is CC(C)C[C@H](C=CCNC(=O)OCC1c2ccccc2-c2ccccc21)C(=O)O. The summed E-state index contributed by atoms with van der Waals surface area (Å²) < 4.78 is 5.46. The lowest BCUT2D eigenvalue weighted by molar-refractivity contribution is -0.140. The summed E-state index contributed by atoms with van der Waals surface area (Å²) in [6, 6.07) is 16.4. The number of nitrogens with one attached hydrogen (secondary N) is 1. The number of benzene rings is 2. The standard InChI is InChI=1S/C24H27NO4/c1-16(2)14-17(23(26)27)8-7-13-25-24(28)29-15-22-20-11-5-3-9-18(20)19-10-4-6-12-21(19)22/h3-12,16-17,22H,13-15H2,1-2H3,(H,25,28)(H,26,27)/t17-/m0/s1. The lowest BCUT2D eigenvalue weighted by atomic mass is 9.97.